The zero-order valence-electron chi connectivity index (χ0n) is 13.2. The Hall–Kier alpha value is -2.20. The molecule has 1 aromatic heterocycles. The minimum absolute atomic E-state index is 0.0419. The van der Waals surface area contributed by atoms with Crippen molar-refractivity contribution in [3.63, 3.8) is 0 Å². The zero-order chi connectivity index (χ0) is 19.1. The first-order chi connectivity index (χ1) is 12.1. The topological polar surface area (TPSA) is 64.8 Å². The van der Waals surface area contributed by atoms with Crippen LogP contribution in [0.4, 0.5) is 13.2 Å². The van der Waals surface area contributed by atoms with Gasteiger partial charge in [-0.25, -0.2) is 18.1 Å². The molecule has 0 amide bonds. The van der Waals surface area contributed by atoms with E-state index in [-0.39, 0.29) is 10.7 Å². The van der Waals surface area contributed by atoms with E-state index >= 15 is 0 Å². The summed E-state index contributed by atoms with van der Waals surface area (Å²) in [5, 5.41) is 3.58. The maximum atomic E-state index is 13.1. The van der Waals surface area contributed by atoms with Crippen LogP contribution in [0.2, 0.25) is 0 Å². The second-order valence-corrected chi connectivity index (χ2v) is 8.37. The summed E-state index contributed by atoms with van der Waals surface area (Å²) in [6.45, 7) is 0. The molecule has 3 aromatic rings. The Morgan fingerprint density at radius 2 is 1.58 bits per heavy atom. The van der Waals surface area contributed by atoms with Gasteiger partial charge < -0.3 is 0 Å². The number of hydrogen-bond donors (Lipinski definition) is 0. The molecule has 136 valence electrons. The molecule has 2 aromatic carbocycles. The number of halogens is 4. The highest BCUT2D eigenvalue weighted by molar-refractivity contribution is 9.10. The first-order valence-corrected chi connectivity index (χ1v) is 9.85. The van der Waals surface area contributed by atoms with Crippen molar-refractivity contribution in [3.05, 3.63) is 58.8 Å². The standard InChI is InChI=1S/C16H11BrF3N3O2S/c1-26(24,25)13-8-2-10(3-9-13)14-21-15(16(18,19)20)22-23(14)12-6-4-11(17)5-7-12/h2-9H,1H3. The molecule has 0 N–H and O–H groups in total. The lowest BCUT2D eigenvalue weighted by Crippen LogP contribution is -2.08. The van der Waals surface area contributed by atoms with Crippen molar-refractivity contribution in [2.24, 2.45) is 0 Å². The van der Waals surface area contributed by atoms with Crippen LogP contribution in [-0.4, -0.2) is 29.4 Å². The van der Waals surface area contributed by atoms with Crippen molar-refractivity contribution in [2.45, 2.75) is 11.1 Å². The number of benzene rings is 2. The first-order valence-electron chi connectivity index (χ1n) is 7.16. The molecule has 26 heavy (non-hydrogen) atoms. The lowest BCUT2D eigenvalue weighted by atomic mass is 10.2. The number of hydrogen-bond acceptors (Lipinski definition) is 4. The number of rotatable bonds is 3. The number of sulfone groups is 1. The molecule has 5 nitrogen and oxygen atoms in total. The van der Waals surface area contributed by atoms with Crippen LogP contribution in [0.15, 0.2) is 57.9 Å². The maximum Gasteiger partial charge on any atom is 0.453 e. The molecule has 0 saturated carbocycles. The van der Waals surface area contributed by atoms with Crippen LogP contribution in [0.1, 0.15) is 5.82 Å². The lowest BCUT2D eigenvalue weighted by molar-refractivity contribution is -0.144. The second kappa shape index (κ2) is 6.51. The van der Waals surface area contributed by atoms with Gasteiger partial charge in [0, 0.05) is 16.3 Å². The van der Waals surface area contributed by atoms with Crippen LogP contribution in [0.3, 0.4) is 0 Å². The third-order valence-corrected chi connectivity index (χ3v) is 5.13. The fourth-order valence-corrected chi connectivity index (χ4v) is 3.13. The van der Waals surface area contributed by atoms with Crippen molar-refractivity contribution in [3.8, 4) is 17.1 Å². The van der Waals surface area contributed by atoms with Crippen molar-refractivity contribution >= 4 is 25.8 Å². The van der Waals surface area contributed by atoms with E-state index in [0.29, 0.717) is 11.3 Å². The third-order valence-electron chi connectivity index (χ3n) is 3.47. The van der Waals surface area contributed by atoms with Crippen LogP contribution in [0.5, 0.6) is 0 Å². The molecule has 0 bridgehead atoms. The molecule has 0 atom stereocenters. The summed E-state index contributed by atoms with van der Waals surface area (Å²) in [4.78, 5) is 3.67. The minimum Gasteiger partial charge on any atom is -0.224 e. The molecule has 10 heteroatoms. The lowest BCUT2D eigenvalue weighted by Gasteiger charge is -2.07. The average molecular weight is 446 g/mol. The van der Waals surface area contributed by atoms with Crippen molar-refractivity contribution in [2.75, 3.05) is 6.26 Å². The molecule has 0 spiro atoms. The highest BCUT2D eigenvalue weighted by atomic mass is 79.9. The van der Waals surface area contributed by atoms with E-state index in [1.165, 1.54) is 24.3 Å². The Morgan fingerprint density at radius 3 is 2.08 bits per heavy atom. The maximum absolute atomic E-state index is 13.1. The number of nitrogens with zero attached hydrogens (tertiary/aromatic N) is 3. The fourth-order valence-electron chi connectivity index (χ4n) is 2.23. The molecule has 1 heterocycles. The molecular formula is C16H11BrF3N3O2S. The highest BCUT2D eigenvalue weighted by Crippen LogP contribution is 2.31. The van der Waals surface area contributed by atoms with Gasteiger partial charge in [0.1, 0.15) is 0 Å². The Morgan fingerprint density at radius 1 is 1.00 bits per heavy atom. The molecule has 0 radical (unpaired) electrons. The highest BCUT2D eigenvalue weighted by Gasteiger charge is 2.37. The van der Waals surface area contributed by atoms with Crippen LogP contribution >= 0.6 is 15.9 Å². The third kappa shape index (κ3) is 3.80. The Bertz CT molecular complexity index is 1040. The van der Waals surface area contributed by atoms with Crippen LogP contribution < -0.4 is 0 Å². The quantitative estimate of drug-likeness (QED) is 0.608. The van der Waals surface area contributed by atoms with E-state index in [1.54, 1.807) is 24.3 Å². The van der Waals surface area contributed by atoms with Gasteiger partial charge in [0.05, 0.1) is 10.6 Å². The van der Waals surface area contributed by atoms with E-state index in [2.05, 4.69) is 26.0 Å². The summed E-state index contributed by atoms with van der Waals surface area (Å²) < 4.78 is 64.2. The van der Waals surface area contributed by atoms with E-state index in [1.807, 2.05) is 0 Å². The van der Waals surface area contributed by atoms with Crippen LogP contribution in [0, 0.1) is 0 Å². The van der Waals surface area contributed by atoms with Gasteiger partial charge in [-0.2, -0.15) is 13.2 Å². The zero-order valence-corrected chi connectivity index (χ0v) is 15.6. The SMILES string of the molecule is CS(=O)(=O)c1ccc(-c2nc(C(F)(F)F)nn2-c2ccc(Br)cc2)cc1. The Balaban J connectivity index is 2.16. The van der Waals surface area contributed by atoms with Gasteiger partial charge in [-0.1, -0.05) is 15.9 Å². The van der Waals surface area contributed by atoms with Crippen LogP contribution in [0.25, 0.3) is 17.1 Å². The van der Waals surface area contributed by atoms with Gasteiger partial charge in [-0.3, -0.25) is 0 Å². The molecule has 0 fully saturated rings. The largest absolute Gasteiger partial charge is 0.453 e. The summed E-state index contributed by atoms with van der Waals surface area (Å²) in [7, 11) is -3.41. The van der Waals surface area contributed by atoms with Crippen LogP contribution in [-0.2, 0) is 16.0 Å². The van der Waals surface area contributed by atoms with E-state index in [4.69, 9.17) is 0 Å². The molecule has 0 aliphatic carbocycles. The summed E-state index contributed by atoms with van der Waals surface area (Å²) >= 11 is 3.26. The van der Waals surface area contributed by atoms with E-state index < -0.39 is 21.8 Å². The normalized spacial score (nSPS) is 12.3. The molecule has 0 aliphatic rings. The summed E-state index contributed by atoms with van der Waals surface area (Å²) in [6, 6.07) is 11.9. The number of alkyl halides is 3. The molecule has 3 rings (SSSR count). The average Bonchev–Trinajstić information content (AvgIpc) is 3.00. The van der Waals surface area contributed by atoms with Gasteiger partial charge in [0.25, 0.3) is 5.82 Å². The van der Waals surface area contributed by atoms with Crippen molar-refractivity contribution < 1.29 is 21.6 Å². The molecule has 0 unspecified atom stereocenters. The van der Waals surface area contributed by atoms with E-state index in [0.717, 1.165) is 15.4 Å². The second-order valence-electron chi connectivity index (χ2n) is 5.44. The predicted molar refractivity (Wildman–Crippen MR) is 92.6 cm³/mol. The Labute approximate surface area is 155 Å². The summed E-state index contributed by atoms with van der Waals surface area (Å²) in [5.41, 5.74) is 0.696. The Kier molecular flexibility index (Phi) is 4.65. The van der Waals surface area contributed by atoms with Crippen molar-refractivity contribution in [1.82, 2.24) is 14.8 Å². The van der Waals surface area contributed by atoms with Crippen molar-refractivity contribution in [1.29, 1.82) is 0 Å². The van der Waals surface area contributed by atoms with Gasteiger partial charge in [-0.05, 0) is 48.5 Å². The van der Waals surface area contributed by atoms with Gasteiger partial charge in [0.2, 0.25) is 0 Å². The predicted octanol–water partition coefficient (Wildman–Crippen LogP) is 4.12. The summed E-state index contributed by atoms with van der Waals surface area (Å²) in [5.74, 6) is -1.32. The van der Waals surface area contributed by atoms with Gasteiger partial charge >= 0.3 is 6.18 Å². The number of aromatic nitrogens is 3. The van der Waals surface area contributed by atoms with Gasteiger partial charge in [-0.15, -0.1) is 5.10 Å². The van der Waals surface area contributed by atoms with Gasteiger partial charge in [0.15, 0.2) is 15.7 Å². The first kappa shape index (κ1) is 18.6. The molecular weight excluding hydrogens is 435 g/mol. The molecule has 0 saturated heterocycles. The molecule has 0 aliphatic heterocycles. The van der Waals surface area contributed by atoms with E-state index in [9.17, 15) is 21.6 Å². The smallest absolute Gasteiger partial charge is 0.224 e. The monoisotopic (exact) mass is 445 g/mol. The minimum atomic E-state index is -4.71. The summed E-state index contributed by atoms with van der Waals surface area (Å²) in [6.07, 6.45) is -3.66. The fraction of sp³-hybridized carbons (Fsp3) is 0.125.